The van der Waals surface area contributed by atoms with E-state index in [9.17, 15) is 9.59 Å². The number of halogens is 2. The van der Waals surface area contributed by atoms with E-state index in [1.165, 1.54) is 10.9 Å². The summed E-state index contributed by atoms with van der Waals surface area (Å²) in [4.78, 5) is 25.2. The zero-order valence-electron chi connectivity index (χ0n) is 16.4. The molecule has 0 unspecified atom stereocenters. The molecule has 0 bridgehead atoms. The number of nitrogens with zero attached hydrogens (tertiary/aromatic N) is 4. The number of hydrogen-bond acceptors (Lipinski definition) is 5. The summed E-state index contributed by atoms with van der Waals surface area (Å²) < 4.78 is 2.99. The van der Waals surface area contributed by atoms with Crippen molar-refractivity contribution in [2.75, 3.05) is 7.05 Å². The van der Waals surface area contributed by atoms with E-state index in [0.29, 0.717) is 31.2 Å². The fourth-order valence-electron chi connectivity index (χ4n) is 3.00. The first-order valence-corrected chi connectivity index (χ1v) is 10.1. The van der Waals surface area contributed by atoms with Crippen LogP contribution in [0.15, 0.2) is 47.7 Å². The summed E-state index contributed by atoms with van der Waals surface area (Å²) in [6.45, 7) is 1.75. The minimum atomic E-state index is -0.386. The molecule has 0 atom stereocenters. The van der Waals surface area contributed by atoms with Crippen LogP contribution in [0.5, 0.6) is 0 Å². The van der Waals surface area contributed by atoms with Crippen molar-refractivity contribution in [3.63, 3.8) is 0 Å². The van der Waals surface area contributed by atoms with Gasteiger partial charge in [-0.3, -0.25) is 14.3 Å². The van der Waals surface area contributed by atoms with E-state index in [1.54, 1.807) is 23.1 Å². The van der Waals surface area contributed by atoms with Crippen LogP contribution >= 0.6 is 23.2 Å². The van der Waals surface area contributed by atoms with Gasteiger partial charge >= 0.3 is 0 Å². The normalized spacial score (nSPS) is 10.9. The smallest absolute Gasteiger partial charge is 0.272 e. The van der Waals surface area contributed by atoms with Crippen LogP contribution in [-0.4, -0.2) is 32.5 Å². The molecule has 2 aromatic heterocycles. The molecular weight excluding hydrogens is 427 g/mol. The minimum Gasteiger partial charge on any atom is -0.352 e. The van der Waals surface area contributed by atoms with Crippen LogP contribution in [0.1, 0.15) is 16.7 Å². The van der Waals surface area contributed by atoms with Crippen molar-refractivity contribution in [2.45, 2.75) is 32.6 Å². The Bertz CT molecular complexity index is 1070. The molecule has 0 saturated carbocycles. The largest absolute Gasteiger partial charge is 0.352 e. The van der Waals surface area contributed by atoms with Crippen molar-refractivity contribution < 1.29 is 4.79 Å². The van der Waals surface area contributed by atoms with Crippen molar-refractivity contribution in [2.24, 2.45) is 0 Å². The average molecular weight is 449 g/mol. The molecule has 3 rings (SSSR count). The van der Waals surface area contributed by atoms with Crippen LogP contribution in [0.4, 0.5) is 0 Å². The van der Waals surface area contributed by atoms with Crippen molar-refractivity contribution in [3.8, 4) is 0 Å². The molecule has 2 N–H and O–H groups in total. The lowest BCUT2D eigenvalue weighted by molar-refractivity contribution is -0.120. The highest BCUT2D eigenvalue weighted by atomic mass is 35.5. The minimum absolute atomic E-state index is 0.135. The molecule has 1 aromatic carbocycles. The second-order valence-corrected chi connectivity index (χ2v) is 7.51. The summed E-state index contributed by atoms with van der Waals surface area (Å²) in [5, 5.41) is 14.8. The lowest BCUT2D eigenvalue weighted by atomic mass is 10.1. The maximum atomic E-state index is 12.7. The van der Waals surface area contributed by atoms with Gasteiger partial charge in [-0.1, -0.05) is 29.3 Å². The van der Waals surface area contributed by atoms with Gasteiger partial charge in [-0.2, -0.15) is 10.2 Å². The van der Waals surface area contributed by atoms with Gasteiger partial charge in [0.25, 0.3) is 5.56 Å². The molecule has 0 spiro atoms. The maximum Gasteiger partial charge on any atom is 0.272 e. The molecule has 30 heavy (non-hydrogen) atoms. The molecular formula is C20H22Cl2N6O2. The number of hydrogen-bond donors (Lipinski definition) is 2. The van der Waals surface area contributed by atoms with Crippen LogP contribution in [-0.2, 0) is 37.4 Å². The Morgan fingerprint density at radius 2 is 1.97 bits per heavy atom. The Morgan fingerprint density at radius 3 is 2.70 bits per heavy atom. The van der Waals surface area contributed by atoms with Crippen LogP contribution in [0.25, 0.3) is 0 Å². The number of aromatic nitrogens is 4. The first-order valence-electron chi connectivity index (χ1n) is 9.38. The lowest BCUT2D eigenvalue weighted by Gasteiger charge is -2.12. The molecule has 0 saturated heterocycles. The first kappa shape index (κ1) is 22.0. The highest BCUT2D eigenvalue weighted by Crippen LogP contribution is 2.16. The number of amides is 1. The summed E-state index contributed by atoms with van der Waals surface area (Å²) in [6, 6.07) is 7.34. The lowest BCUT2D eigenvalue weighted by Crippen LogP contribution is -2.32. The van der Waals surface area contributed by atoms with Crippen LogP contribution in [0, 0.1) is 0 Å². The van der Waals surface area contributed by atoms with Crippen LogP contribution in [0.3, 0.4) is 0 Å². The fourth-order valence-corrected chi connectivity index (χ4v) is 3.38. The number of rotatable bonds is 9. The molecule has 3 aromatic rings. The van der Waals surface area contributed by atoms with Crippen molar-refractivity contribution >= 4 is 29.1 Å². The Balaban J connectivity index is 1.67. The van der Waals surface area contributed by atoms with Gasteiger partial charge in [0.05, 0.1) is 30.7 Å². The Labute approximate surface area is 183 Å². The third-order valence-corrected chi connectivity index (χ3v) is 5.10. The molecule has 8 nitrogen and oxygen atoms in total. The van der Waals surface area contributed by atoms with Gasteiger partial charge in [0.1, 0.15) is 0 Å². The zero-order valence-corrected chi connectivity index (χ0v) is 18.0. The standard InChI is InChI=1S/C20H22Cl2N6O2/c1-23-11-14-3-4-16(21)9-15(14)12-24-19(29)10-17-18(22)13-26-28(20(17)30)8-7-27-6-2-5-25-27/h2-6,9,13,23H,7-8,10-12H2,1H3,(H,24,29). The number of carbonyl (C=O) groups excluding carboxylic acids is 1. The highest BCUT2D eigenvalue weighted by molar-refractivity contribution is 6.31. The van der Waals surface area contributed by atoms with E-state index in [0.717, 1.165) is 11.1 Å². The van der Waals surface area contributed by atoms with Gasteiger partial charge < -0.3 is 10.6 Å². The average Bonchev–Trinajstić information content (AvgIpc) is 3.24. The monoisotopic (exact) mass is 448 g/mol. The predicted molar refractivity (Wildman–Crippen MR) is 116 cm³/mol. The maximum absolute atomic E-state index is 12.7. The van der Waals surface area contributed by atoms with E-state index >= 15 is 0 Å². The SMILES string of the molecule is CNCc1ccc(Cl)cc1CNC(=O)Cc1c(Cl)cnn(CCn2cccn2)c1=O. The van der Waals surface area contributed by atoms with Gasteiger partial charge in [-0.15, -0.1) is 0 Å². The highest BCUT2D eigenvalue weighted by Gasteiger charge is 2.15. The van der Waals surface area contributed by atoms with Gasteiger partial charge in [0.15, 0.2) is 0 Å². The van der Waals surface area contributed by atoms with Crippen molar-refractivity contribution in [1.29, 1.82) is 0 Å². The molecule has 0 fully saturated rings. The summed E-state index contributed by atoms with van der Waals surface area (Å²) >= 11 is 12.2. The Kier molecular flexibility index (Phi) is 7.62. The number of carbonyl (C=O) groups is 1. The second kappa shape index (κ2) is 10.4. The molecule has 0 aliphatic carbocycles. The Hall–Kier alpha value is -2.68. The van der Waals surface area contributed by atoms with Crippen LogP contribution in [0.2, 0.25) is 10.0 Å². The molecule has 0 aliphatic heterocycles. The predicted octanol–water partition coefficient (Wildman–Crippen LogP) is 2.03. The first-order chi connectivity index (χ1) is 14.5. The summed E-state index contributed by atoms with van der Waals surface area (Å²) in [6.07, 6.45) is 4.71. The summed E-state index contributed by atoms with van der Waals surface area (Å²) in [5.41, 5.74) is 1.77. The Morgan fingerprint density at radius 1 is 1.13 bits per heavy atom. The molecule has 10 heteroatoms. The third kappa shape index (κ3) is 5.69. The molecule has 0 aliphatic rings. The molecule has 158 valence electrons. The van der Waals surface area contributed by atoms with E-state index in [4.69, 9.17) is 23.2 Å². The number of nitrogens with one attached hydrogen (secondary N) is 2. The summed E-state index contributed by atoms with van der Waals surface area (Å²) in [7, 11) is 1.85. The quantitative estimate of drug-likeness (QED) is 0.522. The molecule has 1 amide bonds. The van der Waals surface area contributed by atoms with Crippen molar-refractivity contribution in [3.05, 3.63) is 79.9 Å². The van der Waals surface area contributed by atoms with E-state index in [-0.39, 0.29) is 28.5 Å². The topological polar surface area (TPSA) is 93.8 Å². The zero-order chi connectivity index (χ0) is 21.5. The summed E-state index contributed by atoms with van der Waals surface area (Å²) in [5.74, 6) is -0.311. The second-order valence-electron chi connectivity index (χ2n) is 6.67. The van der Waals surface area contributed by atoms with E-state index in [1.807, 2.05) is 25.2 Å². The fraction of sp³-hybridized carbons (Fsp3) is 0.300. The van der Waals surface area contributed by atoms with Gasteiger partial charge in [0.2, 0.25) is 5.91 Å². The number of benzene rings is 1. The number of aryl methyl sites for hydroxylation is 2. The van der Waals surface area contributed by atoms with Gasteiger partial charge in [0, 0.05) is 36.1 Å². The van der Waals surface area contributed by atoms with E-state index < -0.39 is 0 Å². The molecule has 0 radical (unpaired) electrons. The third-order valence-electron chi connectivity index (χ3n) is 4.54. The van der Waals surface area contributed by atoms with Crippen LogP contribution < -0.4 is 16.2 Å². The van der Waals surface area contributed by atoms with Crippen molar-refractivity contribution in [1.82, 2.24) is 30.2 Å². The van der Waals surface area contributed by atoms with Gasteiger partial charge in [-0.25, -0.2) is 4.68 Å². The van der Waals surface area contributed by atoms with E-state index in [2.05, 4.69) is 20.8 Å². The van der Waals surface area contributed by atoms with Gasteiger partial charge in [-0.05, 0) is 36.4 Å². The molecule has 2 heterocycles.